The van der Waals surface area contributed by atoms with Crippen molar-refractivity contribution in [3.05, 3.63) is 57.0 Å². The number of rotatable bonds is 6. The minimum absolute atomic E-state index is 0.401. The van der Waals surface area contributed by atoms with Gasteiger partial charge in [0.1, 0.15) is 5.75 Å². The first kappa shape index (κ1) is 16.9. The molecule has 0 radical (unpaired) electrons. The normalized spacial score (nSPS) is 12.2. The minimum Gasteiger partial charge on any atom is -0.497 e. The van der Waals surface area contributed by atoms with Gasteiger partial charge in [0.2, 0.25) is 0 Å². The van der Waals surface area contributed by atoms with Crippen molar-refractivity contribution in [3.8, 4) is 5.75 Å². The van der Waals surface area contributed by atoms with Crippen LogP contribution in [-0.4, -0.2) is 24.1 Å². The van der Waals surface area contributed by atoms with Crippen molar-refractivity contribution in [1.29, 1.82) is 0 Å². The molecule has 5 heteroatoms. The van der Waals surface area contributed by atoms with E-state index in [1.807, 2.05) is 42.5 Å². The second kappa shape index (κ2) is 8.22. The number of aliphatic hydroxyl groups is 1. The number of hydrogen-bond acceptors (Lipinski definition) is 3. The second-order valence-corrected chi connectivity index (χ2v) is 7.44. The van der Waals surface area contributed by atoms with Crippen LogP contribution in [0.5, 0.6) is 5.75 Å². The monoisotopic (exact) mass is 430 g/mol. The van der Waals surface area contributed by atoms with Crippen LogP contribution in [0.3, 0.4) is 0 Å². The van der Waals surface area contributed by atoms with Gasteiger partial charge in [0.05, 0.1) is 13.2 Å². The minimum atomic E-state index is -0.401. The lowest BCUT2D eigenvalue weighted by Gasteiger charge is -2.13. The van der Waals surface area contributed by atoms with Gasteiger partial charge in [-0.3, -0.25) is 0 Å². The smallest absolute Gasteiger partial charge is 0.119 e. The Morgan fingerprint density at radius 2 is 1.86 bits per heavy atom. The summed E-state index contributed by atoms with van der Waals surface area (Å²) in [6.07, 6.45) is 0.198. The number of aliphatic hydroxyl groups excluding tert-OH is 1. The van der Waals surface area contributed by atoms with E-state index in [4.69, 9.17) is 4.74 Å². The average molecular weight is 432 g/mol. The molecular formula is C16H16Br2O2S. The highest BCUT2D eigenvalue weighted by Crippen LogP contribution is 2.26. The SMILES string of the molecule is COc1ccc(Br)c(CC(O)CSc2ccc(Br)cc2)c1. The topological polar surface area (TPSA) is 29.5 Å². The molecule has 0 aliphatic carbocycles. The summed E-state index contributed by atoms with van der Waals surface area (Å²) in [7, 11) is 1.65. The van der Waals surface area contributed by atoms with Crippen molar-refractivity contribution in [3.63, 3.8) is 0 Å². The number of thioether (sulfide) groups is 1. The summed E-state index contributed by atoms with van der Waals surface area (Å²) in [5.41, 5.74) is 1.05. The lowest BCUT2D eigenvalue weighted by molar-refractivity contribution is 0.200. The average Bonchev–Trinajstić information content (AvgIpc) is 2.49. The highest BCUT2D eigenvalue weighted by atomic mass is 79.9. The van der Waals surface area contributed by atoms with Gasteiger partial charge in [-0.05, 0) is 48.0 Å². The zero-order valence-corrected chi connectivity index (χ0v) is 15.5. The molecule has 2 aromatic rings. The van der Waals surface area contributed by atoms with Crippen molar-refractivity contribution in [2.24, 2.45) is 0 Å². The van der Waals surface area contributed by atoms with Crippen LogP contribution in [0, 0.1) is 0 Å². The molecule has 0 aliphatic rings. The molecule has 0 aliphatic heterocycles. The van der Waals surface area contributed by atoms with Crippen LogP contribution < -0.4 is 4.74 Å². The van der Waals surface area contributed by atoms with E-state index in [2.05, 4.69) is 31.9 Å². The molecule has 0 saturated carbocycles. The van der Waals surface area contributed by atoms with E-state index in [0.717, 1.165) is 25.2 Å². The highest BCUT2D eigenvalue weighted by Gasteiger charge is 2.10. The van der Waals surface area contributed by atoms with Crippen LogP contribution >= 0.6 is 43.6 Å². The zero-order valence-electron chi connectivity index (χ0n) is 11.6. The Morgan fingerprint density at radius 3 is 2.52 bits per heavy atom. The third kappa shape index (κ3) is 5.33. The van der Waals surface area contributed by atoms with Crippen LogP contribution in [0.1, 0.15) is 5.56 Å². The molecule has 0 spiro atoms. The summed E-state index contributed by atoms with van der Waals surface area (Å²) in [4.78, 5) is 1.15. The predicted molar refractivity (Wildman–Crippen MR) is 95.3 cm³/mol. The number of hydrogen-bond donors (Lipinski definition) is 1. The van der Waals surface area contributed by atoms with Gasteiger partial charge in [-0.1, -0.05) is 31.9 Å². The standard InChI is InChI=1S/C16H16Br2O2S/c1-20-14-4-7-16(18)11(9-14)8-13(19)10-21-15-5-2-12(17)3-6-15/h2-7,9,13,19H,8,10H2,1H3. The molecule has 1 atom stereocenters. The fourth-order valence-electron chi connectivity index (χ4n) is 1.87. The molecule has 0 saturated heterocycles. The van der Waals surface area contributed by atoms with Crippen LogP contribution in [0.15, 0.2) is 56.3 Å². The fourth-order valence-corrected chi connectivity index (χ4v) is 3.37. The number of benzene rings is 2. The molecular weight excluding hydrogens is 416 g/mol. The first-order valence-corrected chi connectivity index (χ1v) is 9.04. The number of ether oxygens (including phenoxy) is 1. The lowest BCUT2D eigenvalue weighted by atomic mass is 10.1. The molecule has 0 fully saturated rings. The maximum atomic E-state index is 10.2. The summed E-state index contributed by atoms with van der Waals surface area (Å²) < 4.78 is 7.28. The Balaban J connectivity index is 1.92. The first-order chi connectivity index (χ1) is 10.1. The van der Waals surface area contributed by atoms with E-state index >= 15 is 0 Å². The number of methoxy groups -OCH3 is 1. The van der Waals surface area contributed by atoms with Crippen molar-refractivity contribution in [2.75, 3.05) is 12.9 Å². The van der Waals surface area contributed by atoms with Crippen molar-refractivity contribution in [2.45, 2.75) is 17.4 Å². The van der Waals surface area contributed by atoms with E-state index < -0.39 is 6.10 Å². The summed E-state index contributed by atoms with van der Waals surface area (Å²) in [6.45, 7) is 0. The highest BCUT2D eigenvalue weighted by molar-refractivity contribution is 9.10. The van der Waals surface area contributed by atoms with Gasteiger partial charge in [0, 0.05) is 26.0 Å². The molecule has 2 nitrogen and oxygen atoms in total. The molecule has 2 aromatic carbocycles. The van der Waals surface area contributed by atoms with Crippen molar-refractivity contribution < 1.29 is 9.84 Å². The third-order valence-corrected chi connectivity index (χ3v) is 5.42. The van der Waals surface area contributed by atoms with Gasteiger partial charge in [-0.25, -0.2) is 0 Å². The van der Waals surface area contributed by atoms with Gasteiger partial charge >= 0.3 is 0 Å². The summed E-state index contributed by atoms with van der Waals surface area (Å²) >= 11 is 8.58. The van der Waals surface area contributed by atoms with Crippen molar-refractivity contribution >= 4 is 43.6 Å². The van der Waals surface area contributed by atoms with E-state index in [9.17, 15) is 5.11 Å². The summed E-state index contributed by atoms with van der Waals surface area (Å²) in [5, 5.41) is 10.2. The van der Waals surface area contributed by atoms with Crippen LogP contribution in [-0.2, 0) is 6.42 Å². The van der Waals surface area contributed by atoms with Crippen LogP contribution in [0.4, 0.5) is 0 Å². The fraction of sp³-hybridized carbons (Fsp3) is 0.250. The zero-order chi connectivity index (χ0) is 15.2. The van der Waals surface area contributed by atoms with E-state index in [-0.39, 0.29) is 0 Å². The predicted octanol–water partition coefficient (Wildman–Crippen LogP) is 4.92. The molecule has 1 N–H and O–H groups in total. The van der Waals surface area contributed by atoms with Gasteiger partial charge in [-0.15, -0.1) is 11.8 Å². The molecule has 0 aromatic heterocycles. The molecule has 1 unspecified atom stereocenters. The number of halogens is 2. The van der Waals surface area contributed by atoms with Gasteiger partial charge < -0.3 is 9.84 Å². The lowest BCUT2D eigenvalue weighted by Crippen LogP contribution is -2.13. The van der Waals surface area contributed by atoms with Gasteiger partial charge in [0.15, 0.2) is 0 Å². The third-order valence-electron chi connectivity index (χ3n) is 2.96. The van der Waals surface area contributed by atoms with E-state index in [0.29, 0.717) is 12.2 Å². The Bertz CT molecular complexity index is 587. The molecule has 0 bridgehead atoms. The Morgan fingerprint density at radius 1 is 1.14 bits per heavy atom. The van der Waals surface area contributed by atoms with E-state index in [1.54, 1.807) is 18.9 Å². The van der Waals surface area contributed by atoms with Gasteiger partial charge in [0.25, 0.3) is 0 Å². The second-order valence-electron chi connectivity index (χ2n) is 4.58. The van der Waals surface area contributed by atoms with Crippen LogP contribution in [0.2, 0.25) is 0 Å². The molecule has 2 rings (SSSR count). The first-order valence-electron chi connectivity index (χ1n) is 6.47. The Labute approximate surface area is 146 Å². The van der Waals surface area contributed by atoms with E-state index in [1.165, 1.54) is 0 Å². The van der Waals surface area contributed by atoms with Crippen LogP contribution in [0.25, 0.3) is 0 Å². The Hall–Kier alpha value is -0.490. The maximum absolute atomic E-state index is 10.2. The summed E-state index contributed by atoms with van der Waals surface area (Å²) in [5.74, 6) is 1.46. The maximum Gasteiger partial charge on any atom is 0.119 e. The molecule has 0 amide bonds. The van der Waals surface area contributed by atoms with Crippen molar-refractivity contribution in [1.82, 2.24) is 0 Å². The summed E-state index contributed by atoms with van der Waals surface area (Å²) in [6, 6.07) is 13.9. The molecule has 21 heavy (non-hydrogen) atoms. The molecule has 0 heterocycles. The quantitative estimate of drug-likeness (QED) is 0.658. The largest absolute Gasteiger partial charge is 0.497 e. The Kier molecular flexibility index (Phi) is 6.61. The molecule has 112 valence electrons. The van der Waals surface area contributed by atoms with Gasteiger partial charge in [-0.2, -0.15) is 0 Å².